The second-order valence-corrected chi connectivity index (χ2v) is 7.36. The lowest BCUT2D eigenvalue weighted by molar-refractivity contribution is -0.385. The minimum Gasteiger partial charge on any atom is -0.318 e. The molecule has 0 saturated heterocycles. The van der Waals surface area contributed by atoms with Crippen LogP contribution in [-0.4, -0.2) is 21.6 Å². The van der Waals surface area contributed by atoms with Gasteiger partial charge in [0.25, 0.3) is 11.6 Å². The summed E-state index contributed by atoms with van der Waals surface area (Å²) in [5.74, 6) is -0.630. The molecule has 142 valence electrons. The van der Waals surface area contributed by atoms with Gasteiger partial charge in [-0.15, -0.1) is 0 Å². The Hall–Kier alpha value is -3.01. The number of benzene rings is 2. The number of nitro groups is 1. The molecule has 2 aromatic carbocycles. The Balaban J connectivity index is 1.80. The van der Waals surface area contributed by atoms with Gasteiger partial charge in [0.05, 0.1) is 11.1 Å². The highest BCUT2D eigenvalue weighted by Gasteiger charge is 2.18. The van der Waals surface area contributed by atoms with E-state index in [1.165, 1.54) is 24.4 Å². The average molecular weight is 488 g/mol. The summed E-state index contributed by atoms with van der Waals surface area (Å²) in [6.45, 7) is 3.96. The fourth-order valence-electron chi connectivity index (χ4n) is 2.95. The topological polar surface area (TPSA) is 89.5 Å². The van der Waals surface area contributed by atoms with E-state index in [0.29, 0.717) is 0 Å². The fraction of sp³-hybridized carbons (Fsp3) is 0.100. The maximum absolute atomic E-state index is 12.2. The molecule has 0 unspecified atom stereocenters. The highest BCUT2D eigenvalue weighted by Crippen LogP contribution is 2.21. The van der Waals surface area contributed by atoms with Gasteiger partial charge >= 0.3 is 0 Å². The Kier molecular flexibility index (Phi) is 5.88. The molecule has 0 atom stereocenters. The Morgan fingerprint density at radius 1 is 1.18 bits per heavy atom. The molecule has 28 heavy (non-hydrogen) atoms. The number of nitrogens with one attached hydrogen (secondary N) is 1. The van der Waals surface area contributed by atoms with Crippen molar-refractivity contribution in [2.45, 2.75) is 13.8 Å². The highest BCUT2D eigenvalue weighted by atomic mass is 127. The number of halogens is 1. The van der Waals surface area contributed by atoms with Crippen molar-refractivity contribution in [2.75, 3.05) is 0 Å². The highest BCUT2D eigenvalue weighted by molar-refractivity contribution is 14.1. The predicted molar refractivity (Wildman–Crippen MR) is 116 cm³/mol. The number of nitro benzene ring substituents is 1. The Morgan fingerprint density at radius 2 is 1.86 bits per heavy atom. The molecule has 1 amide bonds. The van der Waals surface area contributed by atoms with E-state index in [9.17, 15) is 14.9 Å². The predicted octanol–water partition coefficient (Wildman–Crippen LogP) is 4.37. The van der Waals surface area contributed by atoms with E-state index in [0.717, 1.165) is 26.2 Å². The number of hydrazone groups is 1. The molecule has 0 radical (unpaired) electrons. The largest absolute Gasteiger partial charge is 0.318 e. The van der Waals surface area contributed by atoms with Gasteiger partial charge in [-0.25, -0.2) is 5.43 Å². The van der Waals surface area contributed by atoms with Crippen LogP contribution in [0.4, 0.5) is 5.69 Å². The number of para-hydroxylation sites is 1. The van der Waals surface area contributed by atoms with Crippen molar-refractivity contribution >= 4 is 40.4 Å². The smallest absolute Gasteiger partial charge is 0.282 e. The van der Waals surface area contributed by atoms with Crippen molar-refractivity contribution < 1.29 is 9.72 Å². The van der Waals surface area contributed by atoms with E-state index < -0.39 is 10.8 Å². The standard InChI is InChI=1S/C20H17IN4O3/c1-13-11-15(14(2)24(13)17-9-7-16(21)8-10-17)12-22-23-20(26)18-5-3-4-6-19(18)25(27)28/h3-12H,1-2H3,(H,23,26)/b22-12-. The molecule has 0 bridgehead atoms. The third-order valence-corrected chi connectivity index (χ3v) is 4.99. The molecule has 8 heteroatoms. The van der Waals surface area contributed by atoms with Gasteiger partial charge in [-0.3, -0.25) is 14.9 Å². The lowest BCUT2D eigenvalue weighted by atomic mass is 10.2. The van der Waals surface area contributed by atoms with Crippen molar-refractivity contribution in [1.82, 2.24) is 9.99 Å². The number of aryl methyl sites for hydroxylation is 1. The van der Waals surface area contributed by atoms with E-state index in [1.807, 2.05) is 44.2 Å². The number of hydrogen-bond donors (Lipinski definition) is 1. The van der Waals surface area contributed by atoms with Crippen LogP contribution in [0.15, 0.2) is 59.7 Å². The zero-order valence-corrected chi connectivity index (χ0v) is 17.4. The maximum Gasteiger partial charge on any atom is 0.282 e. The summed E-state index contributed by atoms with van der Waals surface area (Å²) in [5.41, 5.74) is 5.97. The molecule has 7 nitrogen and oxygen atoms in total. The quantitative estimate of drug-likeness (QED) is 0.250. The first-order valence-corrected chi connectivity index (χ1v) is 9.48. The number of nitrogens with zero attached hydrogens (tertiary/aromatic N) is 3. The van der Waals surface area contributed by atoms with Gasteiger partial charge in [-0.2, -0.15) is 5.10 Å². The molecule has 0 spiro atoms. The summed E-state index contributed by atoms with van der Waals surface area (Å²) < 4.78 is 3.25. The zero-order chi connectivity index (χ0) is 20.3. The number of hydrogen-bond acceptors (Lipinski definition) is 4. The summed E-state index contributed by atoms with van der Waals surface area (Å²) in [7, 11) is 0. The third kappa shape index (κ3) is 4.11. The third-order valence-electron chi connectivity index (χ3n) is 4.27. The van der Waals surface area contributed by atoms with Crippen molar-refractivity contribution in [1.29, 1.82) is 0 Å². The number of aromatic nitrogens is 1. The molecule has 0 aliphatic carbocycles. The van der Waals surface area contributed by atoms with Gasteiger partial charge in [0.2, 0.25) is 0 Å². The molecule has 0 aliphatic heterocycles. The molecule has 3 aromatic rings. The molecule has 1 aromatic heterocycles. The number of rotatable bonds is 5. The average Bonchev–Trinajstić information content (AvgIpc) is 2.96. The van der Waals surface area contributed by atoms with Crippen molar-refractivity contribution in [3.05, 3.63) is 90.8 Å². The number of carbonyl (C=O) groups excluding carboxylic acids is 1. The van der Waals surface area contributed by atoms with Gasteiger partial charge in [0.15, 0.2) is 0 Å². The van der Waals surface area contributed by atoms with Crippen molar-refractivity contribution in [3.63, 3.8) is 0 Å². The van der Waals surface area contributed by atoms with Crippen LogP contribution >= 0.6 is 22.6 Å². The first-order valence-electron chi connectivity index (χ1n) is 8.40. The van der Waals surface area contributed by atoms with Crippen LogP contribution < -0.4 is 5.43 Å². The minimum absolute atomic E-state index is 0.0333. The van der Waals surface area contributed by atoms with Crippen molar-refractivity contribution in [2.24, 2.45) is 5.10 Å². The lowest BCUT2D eigenvalue weighted by Gasteiger charge is -2.09. The Labute approximate surface area is 175 Å². The van der Waals surface area contributed by atoms with Gasteiger partial charge in [0, 0.05) is 32.3 Å². The van der Waals surface area contributed by atoms with E-state index >= 15 is 0 Å². The van der Waals surface area contributed by atoms with E-state index in [2.05, 4.69) is 37.7 Å². The second kappa shape index (κ2) is 8.34. The molecule has 1 N–H and O–H groups in total. The SMILES string of the molecule is Cc1cc(/C=N\NC(=O)c2ccccc2[N+](=O)[O-])c(C)n1-c1ccc(I)cc1. The van der Waals surface area contributed by atoms with Crippen LogP contribution in [0.5, 0.6) is 0 Å². The van der Waals surface area contributed by atoms with Crippen LogP contribution in [0.1, 0.15) is 27.3 Å². The molecule has 1 heterocycles. The normalized spacial score (nSPS) is 11.0. The minimum atomic E-state index is -0.630. The van der Waals surface area contributed by atoms with E-state index in [-0.39, 0.29) is 11.3 Å². The zero-order valence-electron chi connectivity index (χ0n) is 15.2. The number of amides is 1. The summed E-state index contributed by atoms with van der Waals surface area (Å²) >= 11 is 2.26. The lowest BCUT2D eigenvalue weighted by Crippen LogP contribution is -2.19. The molecular weight excluding hydrogens is 471 g/mol. The molecule has 0 fully saturated rings. The van der Waals surface area contributed by atoms with Gasteiger partial charge in [0.1, 0.15) is 5.56 Å². The fourth-order valence-corrected chi connectivity index (χ4v) is 3.31. The molecule has 0 aliphatic rings. The monoisotopic (exact) mass is 488 g/mol. The summed E-state index contributed by atoms with van der Waals surface area (Å²) in [4.78, 5) is 22.7. The molecular formula is C20H17IN4O3. The Bertz CT molecular complexity index is 1070. The molecule has 3 rings (SSSR count). The molecule has 0 saturated carbocycles. The maximum atomic E-state index is 12.2. The van der Waals surface area contributed by atoms with Gasteiger partial charge < -0.3 is 4.57 Å². The summed E-state index contributed by atoms with van der Waals surface area (Å²) in [6.07, 6.45) is 1.54. The van der Waals surface area contributed by atoms with Gasteiger partial charge in [-0.1, -0.05) is 12.1 Å². The number of carbonyl (C=O) groups is 1. The van der Waals surface area contributed by atoms with Crippen LogP contribution in [0.3, 0.4) is 0 Å². The second-order valence-electron chi connectivity index (χ2n) is 6.11. The van der Waals surface area contributed by atoms with Crippen LogP contribution in [0, 0.1) is 27.5 Å². The van der Waals surface area contributed by atoms with E-state index in [1.54, 1.807) is 6.07 Å². The van der Waals surface area contributed by atoms with Gasteiger partial charge in [-0.05, 0) is 72.8 Å². The van der Waals surface area contributed by atoms with Crippen LogP contribution in [-0.2, 0) is 0 Å². The van der Waals surface area contributed by atoms with Crippen LogP contribution in [0.2, 0.25) is 0 Å². The van der Waals surface area contributed by atoms with Crippen LogP contribution in [0.25, 0.3) is 5.69 Å². The first kappa shape index (κ1) is 19.7. The van der Waals surface area contributed by atoms with Crippen molar-refractivity contribution in [3.8, 4) is 5.69 Å². The Morgan fingerprint density at radius 3 is 2.54 bits per heavy atom. The summed E-state index contributed by atoms with van der Waals surface area (Å²) in [6, 6.07) is 15.9. The first-order chi connectivity index (χ1) is 13.4. The van der Waals surface area contributed by atoms with E-state index in [4.69, 9.17) is 0 Å². The summed E-state index contributed by atoms with van der Waals surface area (Å²) in [5, 5.41) is 15.0.